The lowest BCUT2D eigenvalue weighted by Crippen LogP contribution is -2.65. The molecule has 6 rings (SSSR count). The molecule has 4 fully saturated rings. The number of aliphatic hydroxyl groups excluding tert-OH is 1. The van der Waals surface area contributed by atoms with Crippen molar-refractivity contribution in [3.63, 3.8) is 0 Å². The first-order valence-electron chi connectivity index (χ1n) is 12.4. The van der Waals surface area contributed by atoms with Gasteiger partial charge in [0.2, 0.25) is 11.8 Å². The van der Waals surface area contributed by atoms with E-state index in [2.05, 4.69) is 26.8 Å². The largest absolute Gasteiger partial charge is 0.481 e. The Bertz CT molecular complexity index is 910. The highest BCUT2D eigenvalue weighted by Gasteiger charge is 2.73. The Hall–Kier alpha value is -1.69. The summed E-state index contributed by atoms with van der Waals surface area (Å²) in [6, 6.07) is 0. The molecule has 6 aliphatic rings. The van der Waals surface area contributed by atoms with E-state index in [0.29, 0.717) is 12.3 Å². The monoisotopic (exact) mass is 443 g/mol. The first-order valence-corrected chi connectivity index (χ1v) is 12.4. The summed E-state index contributed by atoms with van der Waals surface area (Å²) < 4.78 is 0. The molecule has 2 N–H and O–H groups in total. The fourth-order valence-electron chi connectivity index (χ4n) is 9.34. The van der Waals surface area contributed by atoms with E-state index in [1.54, 1.807) is 0 Å². The Morgan fingerprint density at radius 3 is 2.50 bits per heavy atom. The maximum atomic E-state index is 13.6. The van der Waals surface area contributed by atoms with E-state index in [0.717, 1.165) is 32.1 Å². The van der Waals surface area contributed by atoms with Crippen molar-refractivity contribution in [2.45, 2.75) is 66.2 Å². The molecule has 0 unspecified atom stereocenters. The van der Waals surface area contributed by atoms with Gasteiger partial charge in [-0.25, -0.2) is 0 Å². The van der Waals surface area contributed by atoms with Crippen LogP contribution in [-0.4, -0.2) is 46.0 Å². The van der Waals surface area contributed by atoms with Crippen LogP contribution < -0.4 is 0 Å². The summed E-state index contributed by atoms with van der Waals surface area (Å²) in [6.07, 6.45) is 7.42. The molecule has 1 spiro atoms. The number of allylic oxidation sites excluding steroid dienone is 2. The highest BCUT2D eigenvalue weighted by molar-refractivity contribution is 6.06. The number of aliphatic hydroxyl groups is 1. The number of carboxylic acid groups (broad SMARTS) is 1. The van der Waals surface area contributed by atoms with Gasteiger partial charge in [0.25, 0.3) is 0 Å². The third-order valence-electron chi connectivity index (χ3n) is 10.6. The molecule has 6 heteroatoms. The molecule has 2 amide bonds. The lowest BCUT2D eigenvalue weighted by molar-refractivity contribution is -0.194. The molecule has 6 nitrogen and oxygen atoms in total. The maximum absolute atomic E-state index is 13.6. The highest BCUT2D eigenvalue weighted by atomic mass is 16.4. The second-order valence-corrected chi connectivity index (χ2v) is 12.0. The summed E-state index contributed by atoms with van der Waals surface area (Å²) in [5, 5.41) is 19.7. The number of aliphatic carboxylic acids is 1. The van der Waals surface area contributed by atoms with Crippen LogP contribution in [0.25, 0.3) is 0 Å². The number of rotatable bonds is 4. The number of nitrogens with zero attached hydrogens (tertiary/aromatic N) is 1. The van der Waals surface area contributed by atoms with Crippen molar-refractivity contribution in [2.75, 3.05) is 13.2 Å². The third kappa shape index (κ3) is 2.48. The number of fused-ring (bicyclic) bond motifs is 1. The van der Waals surface area contributed by atoms with E-state index in [-0.39, 0.29) is 65.4 Å². The van der Waals surface area contributed by atoms with Crippen LogP contribution in [0.15, 0.2) is 11.6 Å². The molecule has 1 saturated heterocycles. The zero-order valence-corrected chi connectivity index (χ0v) is 19.8. The fraction of sp³-hybridized carbons (Fsp3) is 0.808. The average molecular weight is 444 g/mol. The SMILES string of the molecule is CC(C)C1=C[C@@]23CC[C@H]4[C@](C)(CCC[C@@]4(C)C(=O)O)[C@@H]2C[C@@H]1[C@H]1C(=O)N(CCO)C(=O)[C@@H]13. The summed E-state index contributed by atoms with van der Waals surface area (Å²) in [5.74, 6) is -0.918. The van der Waals surface area contributed by atoms with E-state index >= 15 is 0 Å². The standard InChI is InChI=1S/C26H37NO5/c1-14(2)16-13-26-9-6-17-24(3,7-5-8-25(17,4)23(31)32)18(26)12-15(16)19-20(26)22(30)27(10-11-28)21(19)29/h13-15,17-20,28H,5-12H2,1-4H3,(H,31,32)/t15-,17-,18-,19+,20+,24-,25+,26-/m0/s1. The van der Waals surface area contributed by atoms with Gasteiger partial charge >= 0.3 is 5.97 Å². The van der Waals surface area contributed by atoms with E-state index in [1.807, 2.05) is 6.92 Å². The van der Waals surface area contributed by atoms with Gasteiger partial charge < -0.3 is 10.2 Å². The first kappa shape index (κ1) is 22.1. The smallest absolute Gasteiger partial charge is 0.309 e. The minimum Gasteiger partial charge on any atom is -0.481 e. The zero-order chi connectivity index (χ0) is 23.2. The van der Waals surface area contributed by atoms with E-state index < -0.39 is 11.4 Å². The predicted octanol–water partition coefficient (Wildman–Crippen LogP) is 3.49. The number of carboxylic acids is 1. The molecular weight excluding hydrogens is 406 g/mol. The number of amides is 2. The lowest BCUT2D eigenvalue weighted by Gasteiger charge is -2.68. The number of carbonyl (C=O) groups excluding carboxylic acids is 2. The lowest BCUT2D eigenvalue weighted by atomic mass is 9.34. The second-order valence-electron chi connectivity index (χ2n) is 12.0. The molecule has 176 valence electrons. The van der Waals surface area contributed by atoms with Gasteiger partial charge in [0.1, 0.15) is 0 Å². The molecule has 1 aliphatic heterocycles. The Kier molecular flexibility index (Phi) is 4.78. The molecule has 0 aromatic carbocycles. The number of likely N-dealkylation sites (tertiary alicyclic amines) is 1. The van der Waals surface area contributed by atoms with Crippen LogP contribution in [0.4, 0.5) is 0 Å². The Morgan fingerprint density at radius 1 is 1.16 bits per heavy atom. The molecule has 5 aliphatic carbocycles. The minimum absolute atomic E-state index is 0.0422. The van der Waals surface area contributed by atoms with Gasteiger partial charge in [-0.05, 0) is 68.1 Å². The Labute approximate surface area is 190 Å². The normalized spacial score (nSPS) is 47.2. The topological polar surface area (TPSA) is 94.9 Å². The molecule has 32 heavy (non-hydrogen) atoms. The van der Waals surface area contributed by atoms with E-state index in [1.165, 1.54) is 10.5 Å². The molecular formula is C26H37NO5. The van der Waals surface area contributed by atoms with Crippen LogP contribution >= 0.6 is 0 Å². The number of β-amino-alcohol motifs (C(OH)–C–C–N with tert-alkyl or cyclic N) is 1. The zero-order valence-electron chi connectivity index (χ0n) is 19.8. The van der Waals surface area contributed by atoms with Gasteiger partial charge in [-0.1, -0.05) is 38.8 Å². The third-order valence-corrected chi connectivity index (χ3v) is 10.6. The molecule has 0 aromatic heterocycles. The summed E-state index contributed by atoms with van der Waals surface area (Å²) in [5.41, 5.74) is 0.0547. The van der Waals surface area contributed by atoms with Gasteiger partial charge in [0, 0.05) is 5.41 Å². The van der Waals surface area contributed by atoms with Crippen molar-refractivity contribution >= 4 is 17.8 Å². The van der Waals surface area contributed by atoms with Crippen LogP contribution in [0, 0.1) is 51.8 Å². The number of imide groups is 1. The van der Waals surface area contributed by atoms with E-state index in [9.17, 15) is 24.6 Å². The second kappa shape index (κ2) is 6.91. The predicted molar refractivity (Wildman–Crippen MR) is 118 cm³/mol. The molecule has 1 heterocycles. The van der Waals surface area contributed by atoms with Gasteiger partial charge in [-0.15, -0.1) is 0 Å². The average Bonchev–Trinajstić information content (AvgIpc) is 3.00. The van der Waals surface area contributed by atoms with Gasteiger partial charge in [-0.3, -0.25) is 19.3 Å². The van der Waals surface area contributed by atoms with E-state index in [4.69, 9.17) is 0 Å². The van der Waals surface area contributed by atoms with Crippen LogP contribution in [-0.2, 0) is 14.4 Å². The molecule has 0 aromatic rings. The Morgan fingerprint density at radius 2 is 1.88 bits per heavy atom. The molecule has 8 atom stereocenters. The number of hydrogen-bond acceptors (Lipinski definition) is 4. The van der Waals surface area contributed by atoms with Crippen molar-refractivity contribution in [3.05, 3.63) is 11.6 Å². The van der Waals surface area contributed by atoms with Gasteiger partial charge in [0.15, 0.2) is 0 Å². The van der Waals surface area contributed by atoms with Gasteiger partial charge in [-0.2, -0.15) is 0 Å². The van der Waals surface area contributed by atoms with Crippen molar-refractivity contribution in [1.82, 2.24) is 4.90 Å². The van der Waals surface area contributed by atoms with Crippen LogP contribution in [0.1, 0.15) is 66.2 Å². The summed E-state index contributed by atoms with van der Waals surface area (Å²) in [6.45, 7) is 8.44. The molecule has 3 saturated carbocycles. The quantitative estimate of drug-likeness (QED) is 0.512. The summed E-state index contributed by atoms with van der Waals surface area (Å²) in [4.78, 5) is 40.7. The molecule has 2 bridgehead atoms. The minimum atomic E-state index is -0.728. The summed E-state index contributed by atoms with van der Waals surface area (Å²) >= 11 is 0. The number of carbonyl (C=O) groups is 3. The van der Waals surface area contributed by atoms with Crippen molar-refractivity contribution in [1.29, 1.82) is 0 Å². The van der Waals surface area contributed by atoms with Crippen LogP contribution in [0.2, 0.25) is 0 Å². The van der Waals surface area contributed by atoms with Crippen molar-refractivity contribution in [2.24, 2.45) is 51.8 Å². The number of hydrogen-bond donors (Lipinski definition) is 2. The fourth-order valence-corrected chi connectivity index (χ4v) is 9.34. The van der Waals surface area contributed by atoms with Crippen LogP contribution in [0.3, 0.4) is 0 Å². The highest BCUT2D eigenvalue weighted by Crippen LogP contribution is 2.74. The van der Waals surface area contributed by atoms with Crippen molar-refractivity contribution < 1.29 is 24.6 Å². The van der Waals surface area contributed by atoms with Gasteiger partial charge in [0.05, 0.1) is 30.4 Å². The summed E-state index contributed by atoms with van der Waals surface area (Å²) in [7, 11) is 0. The Balaban J connectivity index is 1.65. The van der Waals surface area contributed by atoms with Crippen LogP contribution in [0.5, 0.6) is 0 Å². The first-order chi connectivity index (χ1) is 15.0. The maximum Gasteiger partial charge on any atom is 0.309 e. The molecule has 0 radical (unpaired) electrons. The van der Waals surface area contributed by atoms with Crippen molar-refractivity contribution in [3.8, 4) is 0 Å².